The topological polar surface area (TPSA) is 89.9 Å². The number of carboxylic acid groups (broad SMARTS) is 1. The molecule has 43 heavy (non-hydrogen) atoms. The Hall–Kier alpha value is -3.45. The first-order valence-electron chi connectivity index (χ1n) is 14.0. The summed E-state index contributed by atoms with van der Waals surface area (Å²) in [6.07, 6.45) is 1.30. The summed E-state index contributed by atoms with van der Waals surface area (Å²) in [5, 5.41) is 12.5. The molecule has 5 rings (SSSR count). The molecule has 0 bridgehead atoms. The lowest BCUT2D eigenvalue weighted by Gasteiger charge is -2.22. The summed E-state index contributed by atoms with van der Waals surface area (Å²) in [7, 11) is -2.87. The van der Waals surface area contributed by atoms with Gasteiger partial charge in [-0.1, -0.05) is 36.3 Å². The van der Waals surface area contributed by atoms with Gasteiger partial charge in [0.15, 0.2) is 0 Å². The molecular weight excluding hydrogens is 601 g/mol. The van der Waals surface area contributed by atoms with Crippen LogP contribution in [0.1, 0.15) is 48.8 Å². The van der Waals surface area contributed by atoms with Gasteiger partial charge in [-0.05, 0) is 90.6 Å². The maximum Gasteiger partial charge on any atom is 0.304 e. The Labute approximate surface area is 264 Å². The average molecular weight is 637 g/mol. The second-order valence-electron chi connectivity index (χ2n) is 10.8. The van der Waals surface area contributed by atoms with Gasteiger partial charge >= 0.3 is 5.97 Å². The van der Waals surface area contributed by atoms with Crippen molar-refractivity contribution in [2.75, 3.05) is 18.1 Å². The summed E-state index contributed by atoms with van der Waals surface area (Å²) in [4.78, 5) is 11.2. The van der Waals surface area contributed by atoms with Crippen LogP contribution in [0.5, 0.6) is 11.5 Å². The number of hydrogen-bond acceptors (Lipinski definition) is 6. The van der Waals surface area contributed by atoms with Gasteiger partial charge in [0.2, 0.25) is 0 Å². The standard InChI is InChI=1S/C34H34O6S2.H2S/c1-3-4-27(18-34(35)36)26-7-5-24(6-8-26)20-40-29-10-12-33-31(19-29)32(22-41-33)30-11-9-28(17-23(30)2)39-21-25-13-15-42(37,38)16-14-25;/h5-12,17,19,22,25,27H,13-16,18,20-21H2,1-2H3,(H,35,36);1H2/t27-;/m0./s1. The van der Waals surface area contributed by atoms with E-state index < -0.39 is 15.8 Å². The van der Waals surface area contributed by atoms with Gasteiger partial charge in [-0.15, -0.1) is 17.3 Å². The number of fused-ring (bicyclic) bond motifs is 1. The second kappa shape index (κ2) is 14.3. The quantitative estimate of drug-likeness (QED) is 0.183. The highest BCUT2D eigenvalue weighted by Gasteiger charge is 2.24. The van der Waals surface area contributed by atoms with Crippen molar-refractivity contribution in [2.45, 2.75) is 45.6 Å². The molecule has 1 aromatic heterocycles. The first-order valence-corrected chi connectivity index (χ1v) is 16.7. The van der Waals surface area contributed by atoms with Crippen LogP contribution in [0, 0.1) is 24.7 Å². The molecule has 0 amide bonds. The minimum Gasteiger partial charge on any atom is -0.493 e. The van der Waals surface area contributed by atoms with E-state index in [2.05, 4.69) is 48.4 Å². The molecule has 0 spiro atoms. The van der Waals surface area contributed by atoms with Gasteiger partial charge in [0.25, 0.3) is 0 Å². The summed E-state index contributed by atoms with van der Waals surface area (Å²) in [5.74, 6) is 6.98. The number of rotatable bonds is 10. The van der Waals surface area contributed by atoms with Gasteiger partial charge in [-0.2, -0.15) is 13.5 Å². The van der Waals surface area contributed by atoms with Gasteiger partial charge in [0, 0.05) is 15.6 Å². The Morgan fingerprint density at radius 1 is 1.00 bits per heavy atom. The van der Waals surface area contributed by atoms with Crippen molar-refractivity contribution >= 4 is 50.7 Å². The molecule has 4 aromatic rings. The third-order valence-corrected chi connectivity index (χ3v) is 10.4. The van der Waals surface area contributed by atoms with Crippen LogP contribution in [0.2, 0.25) is 0 Å². The fourth-order valence-electron chi connectivity index (χ4n) is 5.27. The van der Waals surface area contributed by atoms with Crippen LogP contribution >= 0.6 is 24.8 Å². The Kier molecular flexibility index (Phi) is 10.8. The van der Waals surface area contributed by atoms with Crippen LogP contribution in [0.25, 0.3) is 21.2 Å². The lowest BCUT2D eigenvalue weighted by atomic mass is 9.95. The number of ether oxygens (including phenoxy) is 2. The van der Waals surface area contributed by atoms with E-state index in [1.165, 1.54) is 4.70 Å². The average Bonchev–Trinajstić information content (AvgIpc) is 3.38. The summed E-state index contributed by atoms with van der Waals surface area (Å²) in [6, 6.07) is 20.0. The highest BCUT2D eigenvalue weighted by Crippen LogP contribution is 2.38. The van der Waals surface area contributed by atoms with E-state index >= 15 is 0 Å². The zero-order valence-corrected chi connectivity index (χ0v) is 26.9. The number of carbonyl (C=O) groups is 1. The van der Waals surface area contributed by atoms with Gasteiger partial charge in [0.1, 0.15) is 27.9 Å². The van der Waals surface area contributed by atoms with E-state index in [-0.39, 0.29) is 43.3 Å². The molecule has 0 aliphatic carbocycles. The third-order valence-electron chi connectivity index (χ3n) is 7.68. The highest BCUT2D eigenvalue weighted by atomic mass is 32.2. The second-order valence-corrected chi connectivity index (χ2v) is 14.0. The monoisotopic (exact) mass is 636 g/mol. The lowest BCUT2D eigenvalue weighted by Crippen LogP contribution is -2.26. The third kappa shape index (κ3) is 8.35. The number of hydrogen-bond donors (Lipinski definition) is 1. The zero-order chi connectivity index (χ0) is 29.7. The summed E-state index contributed by atoms with van der Waals surface area (Å²) in [5.41, 5.74) is 5.27. The van der Waals surface area contributed by atoms with E-state index in [1.54, 1.807) is 18.3 Å². The van der Waals surface area contributed by atoms with Gasteiger partial charge < -0.3 is 14.6 Å². The van der Waals surface area contributed by atoms with Crippen molar-refractivity contribution in [1.82, 2.24) is 0 Å². The predicted molar refractivity (Wildman–Crippen MR) is 178 cm³/mol. The smallest absolute Gasteiger partial charge is 0.304 e. The van der Waals surface area contributed by atoms with E-state index in [0.29, 0.717) is 26.1 Å². The molecule has 2 heterocycles. The molecule has 3 aromatic carbocycles. The van der Waals surface area contributed by atoms with Crippen LogP contribution in [0.15, 0.2) is 66.0 Å². The molecule has 1 N–H and O–H groups in total. The maximum atomic E-state index is 11.7. The fourth-order valence-corrected chi connectivity index (χ4v) is 7.80. The van der Waals surface area contributed by atoms with Gasteiger partial charge in [0.05, 0.1) is 30.5 Å². The molecular formula is C34H36O6S3. The molecule has 0 unspecified atom stereocenters. The predicted octanol–water partition coefficient (Wildman–Crippen LogP) is 7.35. The minimum absolute atomic E-state index is 0. The Balaban J connectivity index is 0.00000423. The largest absolute Gasteiger partial charge is 0.493 e. The number of aliphatic carboxylic acids is 1. The fraction of sp³-hybridized carbons (Fsp3) is 0.324. The van der Waals surface area contributed by atoms with E-state index in [9.17, 15) is 18.3 Å². The number of thiophene rings is 1. The molecule has 0 radical (unpaired) electrons. The lowest BCUT2D eigenvalue weighted by molar-refractivity contribution is -0.137. The highest BCUT2D eigenvalue weighted by molar-refractivity contribution is 7.91. The van der Waals surface area contributed by atoms with E-state index in [4.69, 9.17) is 9.47 Å². The maximum absolute atomic E-state index is 11.7. The Bertz CT molecular complexity index is 1730. The Morgan fingerprint density at radius 3 is 2.37 bits per heavy atom. The molecule has 1 aliphatic rings. The van der Waals surface area contributed by atoms with Crippen molar-refractivity contribution in [3.05, 3.63) is 82.7 Å². The molecule has 226 valence electrons. The van der Waals surface area contributed by atoms with Gasteiger partial charge in [-0.3, -0.25) is 4.79 Å². The van der Waals surface area contributed by atoms with E-state index in [0.717, 1.165) is 44.7 Å². The first kappa shape index (κ1) is 32.5. The van der Waals surface area contributed by atoms with E-state index in [1.807, 2.05) is 36.4 Å². The molecule has 6 nitrogen and oxygen atoms in total. The molecule has 1 aliphatic heterocycles. The minimum atomic E-state index is -2.87. The van der Waals surface area contributed by atoms with Crippen molar-refractivity contribution in [2.24, 2.45) is 5.92 Å². The number of benzene rings is 3. The van der Waals surface area contributed by atoms with Crippen LogP contribution in [-0.2, 0) is 21.2 Å². The molecule has 1 fully saturated rings. The summed E-state index contributed by atoms with van der Waals surface area (Å²) in [6.45, 7) is 4.73. The van der Waals surface area contributed by atoms with Crippen molar-refractivity contribution < 1.29 is 27.8 Å². The normalized spacial score (nSPS) is 15.1. The zero-order valence-electron chi connectivity index (χ0n) is 24.3. The SMILES string of the molecule is CC#C[C@@H](CC(=O)O)c1ccc(COc2ccc3scc(-c4ccc(OCC5CCS(=O)(=O)CC5)cc4C)c3c2)cc1.S. The summed E-state index contributed by atoms with van der Waals surface area (Å²) >= 11 is 1.70. The number of sulfone groups is 1. The van der Waals surface area contributed by atoms with Crippen LogP contribution in [0.3, 0.4) is 0 Å². The molecule has 9 heteroatoms. The molecule has 1 saturated heterocycles. The first-order chi connectivity index (χ1) is 20.2. The van der Waals surface area contributed by atoms with Crippen molar-refractivity contribution in [1.29, 1.82) is 0 Å². The number of carboxylic acids is 1. The van der Waals surface area contributed by atoms with Crippen molar-refractivity contribution in [3.63, 3.8) is 0 Å². The Morgan fingerprint density at radius 2 is 1.70 bits per heavy atom. The van der Waals surface area contributed by atoms with Crippen LogP contribution in [-0.4, -0.2) is 37.6 Å². The molecule has 1 atom stereocenters. The van der Waals surface area contributed by atoms with Crippen LogP contribution in [0.4, 0.5) is 0 Å². The number of aryl methyl sites for hydroxylation is 1. The van der Waals surface area contributed by atoms with Crippen molar-refractivity contribution in [3.8, 4) is 34.5 Å². The van der Waals surface area contributed by atoms with Gasteiger partial charge in [-0.25, -0.2) is 8.42 Å². The molecule has 0 saturated carbocycles. The van der Waals surface area contributed by atoms with Crippen LogP contribution < -0.4 is 9.47 Å². The summed E-state index contributed by atoms with van der Waals surface area (Å²) < 4.78 is 36.8.